The van der Waals surface area contributed by atoms with Crippen LogP contribution in [0.4, 0.5) is 0 Å². The molecular weight excluding hydrogens is 254 g/mol. The van der Waals surface area contributed by atoms with Crippen LogP contribution in [0.2, 0.25) is 0 Å². The van der Waals surface area contributed by atoms with Crippen molar-refractivity contribution in [1.29, 1.82) is 0 Å². The number of hydrogen-bond donors (Lipinski definition) is 2. The third kappa shape index (κ3) is 6.36. The van der Waals surface area contributed by atoms with Crippen LogP contribution in [0.5, 0.6) is 0 Å². The monoisotopic (exact) mass is 277 g/mol. The molecule has 0 bridgehead atoms. The summed E-state index contributed by atoms with van der Waals surface area (Å²) in [5, 5.41) is 11.8. The van der Waals surface area contributed by atoms with E-state index in [-0.39, 0.29) is 23.8 Å². The van der Waals surface area contributed by atoms with E-state index in [1.807, 2.05) is 51.1 Å². The van der Waals surface area contributed by atoms with E-state index in [9.17, 15) is 9.59 Å². The highest BCUT2D eigenvalue weighted by molar-refractivity contribution is 5.77. The Morgan fingerprint density at radius 2 is 1.80 bits per heavy atom. The molecule has 1 aromatic rings. The van der Waals surface area contributed by atoms with Crippen LogP contribution in [-0.2, 0) is 9.59 Å². The third-order valence-electron chi connectivity index (χ3n) is 2.87. The number of hydrogen-bond acceptors (Lipinski definition) is 2. The van der Waals surface area contributed by atoms with Gasteiger partial charge in [-0.15, -0.1) is 0 Å². The first-order valence-electron chi connectivity index (χ1n) is 6.84. The van der Waals surface area contributed by atoms with Gasteiger partial charge >= 0.3 is 5.97 Å². The summed E-state index contributed by atoms with van der Waals surface area (Å²) < 4.78 is 0. The molecule has 0 radical (unpaired) electrons. The predicted octanol–water partition coefficient (Wildman–Crippen LogP) is 3.14. The van der Waals surface area contributed by atoms with Gasteiger partial charge in [-0.2, -0.15) is 0 Å². The van der Waals surface area contributed by atoms with Crippen LogP contribution in [0.3, 0.4) is 0 Å². The van der Waals surface area contributed by atoms with E-state index in [4.69, 9.17) is 5.11 Å². The van der Waals surface area contributed by atoms with Crippen LogP contribution in [0.1, 0.15) is 51.6 Å². The van der Waals surface area contributed by atoms with E-state index in [1.54, 1.807) is 0 Å². The predicted molar refractivity (Wildman–Crippen MR) is 78.3 cm³/mol. The number of benzene rings is 1. The second kappa shape index (κ2) is 7.08. The average molecular weight is 277 g/mol. The summed E-state index contributed by atoms with van der Waals surface area (Å²) in [7, 11) is 0. The van der Waals surface area contributed by atoms with Gasteiger partial charge in [0.05, 0.1) is 6.04 Å². The summed E-state index contributed by atoms with van der Waals surface area (Å²) in [6, 6.07) is 9.24. The molecule has 1 aromatic carbocycles. The summed E-state index contributed by atoms with van der Waals surface area (Å²) >= 11 is 0. The van der Waals surface area contributed by atoms with E-state index < -0.39 is 5.97 Å². The van der Waals surface area contributed by atoms with Gasteiger partial charge in [-0.25, -0.2) is 0 Å². The number of carboxylic acids is 1. The highest BCUT2D eigenvalue weighted by atomic mass is 16.4. The van der Waals surface area contributed by atoms with Crippen LogP contribution in [0.15, 0.2) is 30.3 Å². The van der Waals surface area contributed by atoms with Crippen molar-refractivity contribution in [2.75, 3.05) is 0 Å². The summed E-state index contributed by atoms with van der Waals surface area (Å²) in [4.78, 5) is 22.8. The van der Waals surface area contributed by atoms with Crippen molar-refractivity contribution in [3.63, 3.8) is 0 Å². The molecule has 0 fully saturated rings. The first-order valence-corrected chi connectivity index (χ1v) is 6.84. The summed E-state index contributed by atoms with van der Waals surface area (Å²) in [6.45, 7) is 6.00. The topological polar surface area (TPSA) is 66.4 Å². The lowest BCUT2D eigenvalue weighted by Crippen LogP contribution is -2.31. The van der Waals surface area contributed by atoms with Gasteiger partial charge in [0.15, 0.2) is 0 Å². The molecule has 0 saturated heterocycles. The fourth-order valence-electron chi connectivity index (χ4n) is 2.00. The largest absolute Gasteiger partial charge is 0.481 e. The molecule has 0 aliphatic rings. The minimum atomic E-state index is -0.851. The molecule has 110 valence electrons. The zero-order valence-corrected chi connectivity index (χ0v) is 12.3. The number of aliphatic carboxylic acids is 1. The average Bonchev–Trinajstić information content (AvgIpc) is 2.33. The van der Waals surface area contributed by atoms with Gasteiger partial charge < -0.3 is 10.4 Å². The van der Waals surface area contributed by atoms with Crippen molar-refractivity contribution in [2.24, 2.45) is 5.41 Å². The molecule has 4 heteroatoms. The van der Waals surface area contributed by atoms with E-state index in [1.165, 1.54) is 0 Å². The molecule has 1 amide bonds. The molecule has 20 heavy (non-hydrogen) atoms. The molecule has 0 aliphatic heterocycles. The summed E-state index contributed by atoms with van der Waals surface area (Å²) in [6.07, 6.45) is 0.855. The van der Waals surface area contributed by atoms with Crippen LogP contribution in [-0.4, -0.2) is 17.0 Å². The standard InChI is InChI=1S/C16H23NO3/c1-16(2,3)11-14(18)17-13(9-10-15(19)20)12-7-5-4-6-8-12/h4-8,13H,9-11H2,1-3H3,(H,17,18)(H,19,20)/t13-/m0/s1. The molecule has 1 atom stereocenters. The summed E-state index contributed by atoms with van der Waals surface area (Å²) in [5.74, 6) is -0.896. The Hall–Kier alpha value is -1.84. The van der Waals surface area contributed by atoms with Gasteiger partial charge in [0, 0.05) is 12.8 Å². The molecule has 4 nitrogen and oxygen atoms in total. The maximum atomic E-state index is 12.0. The van der Waals surface area contributed by atoms with E-state index in [2.05, 4.69) is 5.32 Å². The van der Waals surface area contributed by atoms with Gasteiger partial charge in [-0.3, -0.25) is 9.59 Å². The van der Waals surface area contributed by atoms with Crippen LogP contribution < -0.4 is 5.32 Å². The maximum absolute atomic E-state index is 12.0. The highest BCUT2D eigenvalue weighted by Crippen LogP contribution is 2.22. The van der Waals surface area contributed by atoms with E-state index in [0.717, 1.165) is 5.56 Å². The van der Waals surface area contributed by atoms with Crippen molar-refractivity contribution in [3.8, 4) is 0 Å². The first-order chi connectivity index (χ1) is 9.28. The Morgan fingerprint density at radius 1 is 1.20 bits per heavy atom. The lowest BCUT2D eigenvalue weighted by atomic mass is 9.91. The minimum absolute atomic E-state index is 0.0371. The lowest BCUT2D eigenvalue weighted by Gasteiger charge is -2.22. The van der Waals surface area contributed by atoms with Crippen molar-refractivity contribution in [3.05, 3.63) is 35.9 Å². The van der Waals surface area contributed by atoms with E-state index >= 15 is 0 Å². The molecule has 0 spiro atoms. The van der Waals surface area contributed by atoms with Gasteiger partial charge in [-0.1, -0.05) is 51.1 Å². The Labute approximate surface area is 120 Å². The SMILES string of the molecule is CC(C)(C)CC(=O)N[C@@H](CCC(=O)O)c1ccccc1. The number of rotatable bonds is 6. The number of carbonyl (C=O) groups excluding carboxylic acids is 1. The van der Waals surface area contributed by atoms with Crippen molar-refractivity contribution in [2.45, 2.75) is 46.1 Å². The van der Waals surface area contributed by atoms with E-state index in [0.29, 0.717) is 12.8 Å². The van der Waals surface area contributed by atoms with Gasteiger partial charge in [0.1, 0.15) is 0 Å². The first kappa shape index (κ1) is 16.2. The van der Waals surface area contributed by atoms with Crippen LogP contribution >= 0.6 is 0 Å². The maximum Gasteiger partial charge on any atom is 0.303 e. The van der Waals surface area contributed by atoms with Crippen LogP contribution in [0, 0.1) is 5.41 Å². The van der Waals surface area contributed by atoms with Gasteiger partial charge in [0.2, 0.25) is 5.91 Å². The zero-order chi connectivity index (χ0) is 15.2. The Balaban J connectivity index is 2.73. The van der Waals surface area contributed by atoms with Crippen molar-refractivity contribution in [1.82, 2.24) is 5.32 Å². The normalized spacial score (nSPS) is 12.8. The highest BCUT2D eigenvalue weighted by Gasteiger charge is 2.20. The third-order valence-corrected chi connectivity index (χ3v) is 2.87. The second-order valence-electron chi connectivity index (χ2n) is 6.20. The Morgan fingerprint density at radius 3 is 2.30 bits per heavy atom. The molecule has 2 N–H and O–H groups in total. The van der Waals surface area contributed by atoms with Crippen molar-refractivity contribution >= 4 is 11.9 Å². The van der Waals surface area contributed by atoms with Gasteiger partial charge in [-0.05, 0) is 17.4 Å². The molecule has 1 rings (SSSR count). The smallest absolute Gasteiger partial charge is 0.303 e. The number of nitrogens with one attached hydrogen (secondary N) is 1. The molecule has 0 saturated carbocycles. The lowest BCUT2D eigenvalue weighted by molar-refractivity contribution is -0.137. The summed E-state index contributed by atoms with van der Waals surface area (Å²) in [5.41, 5.74) is 0.856. The molecule has 0 aromatic heterocycles. The molecule has 0 unspecified atom stereocenters. The quantitative estimate of drug-likeness (QED) is 0.839. The Bertz CT molecular complexity index is 449. The number of amides is 1. The fourth-order valence-corrected chi connectivity index (χ4v) is 2.00. The Kier molecular flexibility index (Phi) is 5.74. The zero-order valence-electron chi connectivity index (χ0n) is 12.3. The fraction of sp³-hybridized carbons (Fsp3) is 0.500. The van der Waals surface area contributed by atoms with Gasteiger partial charge in [0.25, 0.3) is 0 Å². The number of carboxylic acid groups (broad SMARTS) is 1. The molecular formula is C16H23NO3. The molecule has 0 heterocycles. The minimum Gasteiger partial charge on any atom is -0.481 e. The second-order valence-corrected chi connectivity index (χ2v) is 6.20. The van der Waals surface area contributed by atoms with Crippen LogP contribution in [0.25, 0.3) is 0 Å². The van der Waals surface area contributed by atoms with Crippen molar-refractivity contribution < 1.29 is 14.7 Å². The molecule has 0 aliphatic carbocycles. The number of carbonyl (C=O) groups is 2.